The third kappa shape index (κ3) is 5.70. The van der Waals surface area contributed by atoms with E-state index in [-0.39, 0.29) is 12.4 Å². The highest BCUT2D eigenvalue weighted by molar-refractivity contribution is 5.60. The second-order valence-electron chi connectivity index (χ2n) is 6.39. The first-order chi connectivity index (χ1) is 14.0. The van der Waals surface area contributed by atoms with Crippen LogP contribution in [0.5, 0.6) is 11.5 Å². The maximum atomic E-state index is 9.08. The molecule has 0 atom stereocenters. The lowest BCUT2D eigenvalue weighted by atomic mass is 10.1. The number of aliphatic hydroxyl groups is 1. The molecule has 4 aromatic rings. The van der Waals surface area contributed by atoms with E-state index in [0.717, 1.165) is 28.3 Å². The lowest BCUT2D eigenvalue weighted by molar-refractivity contribution is 0.201. The molecule has 2 heterocycles. The summed E-state index contributed by atoms with van der Waals surface area (Å²) in [5.41, 5.74) is 3.93. The molecule has 0 fully saturated rings. The zero-order valence-electron chi connectivity index (χ0n) is 16.4. The fourth-order valence-electron chi connectivity index (χ4n) is 2.66. The highest BCUT2D eigenvalue weighted by atomic mass is 16.5. The summed E-state index contributed by atoms with van der Waals surface area (Å²) in [6.45, 7) is 0.352. The van der Waals surface area contributed by atoms with E-state index in [1.807, 2.05) is 75.0 Å². The molecule has 7 nitrogen and oxygen atoms in total. The summed E-state index contributed by atoms with van der Waals surface area (Å²) >= 11 is 0. The topological polar surface area (TPSA) is 85.3 Å². The first-order valence-electron chi connectivity index (χ1n) is 9.18. The van der Waals surface area contributed by atoms with Crippen molar-refractivity contribution in [1.29, 1.82) is 0 Å². The lowest BCUT2D eigenvalue weighted by Gasteiger charge is -2.04. The average molecular weight is 392 g/mol. The highest BCUT2D eigenvalue weighted by Crippen LogP contribution is 2.21. The molecule has 0 radical (unpaired) electrons. The minimum absolute atomic E-state index is 0.0298. The summed E-state index contributed by atoms with van der Waals surface area (Å²) in [4.78, 5) is 0. The molecule has 0 aliphatic heterocycles. The molecule has 7 heteroatoms. The third-order valence-electron chi connectivity index (χ3n) is 4.10. The maximum absolute atomic E-state index is 9.08. The number of rotatable bonds is 5. The summed E-state index contributed by atoms with van der Waals surface area (Å²) in [6, 6.07) is 18.6. The zero-order chi connectivity index (χ0) is 20.6. The molecule has 2 aromatic carbocycles. The van der Waals surface area contributed by atoms with Crippen molar-refractivity contribution in [2.75, 3.05) is 13.2 Å². The van der Waals surface area contributed by atoms with E-state index in [1.165, 1.54) is 0 Å². The van der Waals surface area contributed by atoms with Gasteiger partial charge in [0.05, 0.1) is 18.0 Å². The summed E-state index contributed by atoms with van der Waals surface area (Å²) in [5, 5.41) is 26.3. The van der Waals surface area contributed by atoms with Crippen molar-refractivity contribution in [3.63, 3.8) is 0 Å². The molecular weight excluding hydrogens is 368 g/mol. The smallest absolute Gasteiger partial charge is 0.119 e. The molecule has 150 valence electrons. The minimum Gasteiger partial charge on any atom is -0.508 e. The third-order valence-corrected chi connectivity index (χ3v) is 4.10. The van der Waals surface area contributed by atoms with Gasteiger partial charge in [-0.25, -0.2) is 0 Å². The van der Waals surface area contributed by atoms with Crippen LogP contribution in [-0.2, 0) is 14.1 Å². The number of aromatic hydroxyl groups is 1. The molecule has 2 aromatic heterocycles. The van der Waals surface area contributed by atoms with Gasteiger partial charge in [-0.05, 0) is 60.7 Å². The monoisotopic (exact) mass is 392 g/mol. The van der Waals surface area contributed by atoms with Crippen LogP contribution in [0.4, 0.5) is 0 Å². The van der Waals surface area contributed by atoms with Crippen LogP contribution in [0.25, 0.3) is 22.5 Å². The first kappa shape index (κ1) is 20.2. The van der Waals surface area contributed by atoms with Crippen LogP contribution in [0.3, 0.4) is 0 Å². The van der Waals surface area contributed by atoms with Gasteiger partial charge in [0.25, 0.3) is 0 Å². The Morgan fingerprint density at radius 1 is 0.759 bits per heavy atom. The zero-order valence-corrected chi connectivity index (χ0v) is 16.4. The average Bonchev–Trinajstić information content (AvgIpc) is 3.36. The fourth-order valence-corrected chi connectivity index (χ4v) is 2.66. The molecule has 29 heavy (non-hydrogen) atoms. The summed E-state index contributed by atoms with van der Waals surface area (Å²) < 4.78 is 8.80. The van der Waals surface area contributed by atoms with Gasteiger partial charge in [0.1, 0.15) is 18.1 Å². The quantitative estimate of drug-likeness (QED) is 0.545. The second-order valence-corrected chi connectivity index (χ2v) is 6.39. The normalized spacial score (nSPS) is 10.3. The maximum Gasteiger partial charge on any atom is 0.119 e. The van der Waals surface area contributed by atoms with Gasteiger partial charge in [0.15, 0.2) is 0 Å². The van der Waals surface area contributed by atoms with Crippen LogP contribution in [0, 0.1) is 0 Å². The Kier molecular flexibility index (Phi) is 6.65. The Balaban J connectivity index is 0.000000169. The van der Waals surface area contributed by atoms with Crippen LogP contribution in [0.2, 0.25) is 0 Å². The highest BCUT2D eigenvalue weighted by Gasteiger charge is 2.01. The molecule has 4 rings (SSSR count). The summed E-state index contributed by atoms with van der Waals surface area (Å²) in [5.74, 6) is 1.04. The Morgan fingerprint density at radius 3 is 1.66 bits per heavy atom. The van der Waals surface area contributed by atoms with E-state index in [1.54, 1.807) is 21.5 Å². The molecule has 0 aliphatic rings. The van der Waals surface area contributed by atoms with E-state index < -0.39 is 0 Å². The molecule has 0 amide bonds. The second kappa shape index (κ2) is 9.57. The van der Waals surface area contributed by atoms with Crippen molar-refractivity contribution >= 4 is 0 Å². The van der Waals surface area contributed by atoms with Crippen molar-refractivity contribution in [2.45, 2.75) is 0 Å². The van der Waals surface area contributed by atoms with Gasteiger partial charge in [-0.3, -0.25) is 9.36 Å². The molecular formula is C22H24N4O3. The van der Waals surface area contributed by atoms with Crippen molar-refractivity contribution in [3.8, 4) is 34.0 Å². The Bertz CT molecular complexity index is 1020. The molecule has 0 saturated carbocycles. The fraction of sp³-hybridized carbons (Fsp3) is 0.182. The van der Waals surface area contributed by atoms with E-state index >= 15 is 0 Å². The van der Waals surface area contributed by atoms with Crippen molar-refractivity contribution in [1.82, 2.24) is 19.6 Å². The van der Waals surface area contributed by atoms with Crippen LogP contribution in [0.15, 0.2) is 73.1 Å². The Hall–Kier alpha value is -3.58. The van der Waals surface area contributed by atoms with Gasteiger partial charge in [0.2, 0.25) is 0 Å². The number of phenols is 1. The Labute approximate surface area is 169 Å². The van der Waals surface area contributed by atoms with Crippen molar-refractivity contribution in [2.24, 2.45) is 14.1 Å². The van der Waals surface area contributed by atoms with Gasteiger partial charge in [-0.1, -0.05) is 0 Å². The van der Waals surface area contributed by atoms with Crippen molar-refractivity contribution in [3.05, 3.63) is 73.1 Å². The molecule has 0 bridgehead atoms. The number of ether oxygens (including phenoxy) is 1. The van der Waals surface area contributed by atoms with Gasteiger partial charge in [0, 0.05) is 37.6 Å². The number of aromatic nitrogens is 4. The van der Waals surface area contributed by atoms with Crippen molar-refractivity contribution < 1.29 is 14.9 Å². The number of aliphatic hydroxyl groups excluding tert-OH is 1. The van der Waals surface area contributed by atoms with Gasteiger partial charge in [-0.2, -0.15) is 10.2 Å². The molecule has 0 unspecified atom stereocenters. The summed E-state index contributed by atoms with van der Waals surface area (Å²) in [7, 11) is 3.77. The van der Waals surface area contributed by atoms with Gasteiger partial charge < -0.3 is 14.9 Å². The number of hydrogen-bond acceptors (Lipinski definition) is 5. The first-order valence-corrected chi connectivity index (χ1v) is 9.18. The predicted molar refractivity (Wildman–Crippen MR) is 112 cm³/mol. The number of benzene rings is 2. The molecule has 0 spiro atoms. The van der Waals surface area contributed by atoms with E-state index in [0.29, 0.717) is 6.61 Å². The lowest BCUT2D eigenvalue weighted by Crippen LogP contribution is -2.01. The molecule has 0 saturated heterocycles. The Morgan fingerprint density at radius 2 is 1.24 bits per heavy atom. The van der Waals surface area contributed by atoms with Crippen LogP contribution < -0.4 is 4.74 Å². The van der Waals surface area contributed by atoms with E-state index in [2.05, 4.69) is 10.2 Å². The van der Waals surface area contributed by atoms with E-state index in [4.69, 9.17) is 14.9 Å². The SMILES string of the molecule is Cn1ccc(-c2ccc(O)cc2)n1.Cn1ccc(-c2ccc(OCCO)cc2)n1. The predicted octanol–water partition coefficient (Wildman–Crippen LogP) is 3.25. The molecule has 0 aliphatic carbocycles. The molecule has 2 N–H and O–H groups in total. The number of hydrogen-bond donors (Lipinski definition) is 2. The number of nitrogens with zero attached hydrogens (tertiary/aromatic N) is 4. The van der Waals surface area contributed by atoms with Crippen LogP contribution >= 0.6 is 0 Å². The number of aryl methyl sites for hydroxylation is 2. The van der Waals surface area contributed by atoms with Gasteiger partial charge in [-0.15, -0.1) is 0 Å². The van der Waals surface area contributed by atoms with E-state index in [9.17, 15) is 0 Å². The van der Waals surface area contributed by atoms with Crippen LogP contribution in [-0.4, -0.2) is 43.0 Å². The van der Waals surface area contributed by atoms with Crippen LogP contribution in [0.1, 0.15) is 0 Å². The largest absolute Gasteiger partial charge is 0.508 e. The summed E-state index contributed by atoms with van der Waals surface area (Å²) in [6.07, 6.45) is 3.80. The standard InChI is InChI=1S/C12H14N2O2.C10H10N2O/c1-14-7-6-12(13-14)10-2-4-11(5-3-10)16-9-8-15;1-12-7-6-10(11-12)8-2-4-9(13)5-3-8/h2-7,15H,8-9H2,1H3;2-7,13H,1H3. The number of phenolic OH excluding ortho intramolecular Hbond substituents is 1. The minimum atomic E-state index is 0.0298. The van der Waals surface area contributed by atoms with Gasteiger partial charge >= 0.3 is 0 Å².